The molecule has 1 aliphatic heterocycles. The highest BCUT2D eigenvalue weighted by atomic mass is 19.1. The summed E-state index contributed by atoms with van der Waals surface area (Å²) in [5.74, 6) is -1.38. The second-order valence-corrected chi connectivity index (χ2v) is 5.48. The fraction of sp³-hybridized carbons (Fsp3) is 0.333. The Hall–Kier alpha value is -2.68. The standard InChI is InChI=1S/C15H14F2N6O/c16-9-5-10(17)14(19-6-9)21-12-8-18-11-7-20-23(15(11)22-12)13-3-1-2-4-24-13/h5-8,13H,1-4H2,(H,19,21,22). The zero-order valence-corrected chi connectivity index (χ0v) is 12.6. The van der Waals surface area contributed by atoms with E-state index in [2.05, 4.69) is 25.4 Å². The van der Waals surface area contributed by atoms with Gasteiger partial charge in [-0.3, -0.25) is 0 Å². The van der Waals surface area contributed by atoms with Crippen molar-refractivity contribution in [2.75, 3.05) is 11.9 Å². The van der Waals surface area contributed by atoms with Crippen LogP contribution in [0, 0.1) is 11.6 Å². The number of pyridine rings is 1. The molecular formula is C15H14F2N6O. The Morgan fingerprint density at radius 3 is 2.88 bits per heavy atom. The van der Waals surface area contributed by atoms with Crippen molar-refractivity contribution >= 4 is 22.8 Å². The van der Waals surface area contributed by atoms with Crippen molar-refractivity contribution in [1.82, 2.24) is 24.7 Å². The number of halogens is 2. The zero-order valence-electron chi connectivity index (χ0n) is 12.6. The first-order chi connectivity index (χ1) is 11.7. The van der Waals surface area contributed by atoms with Gasteiger partial charge in [0.05, 0.1) is 18.6 Å². The highest BCUT2D eigenvalue weighted by Crippen LogP contribution is 2.25. The number of hydrogen-bond acceptors (Lipinski definition) is 6. The summed E-state index contributed by atoms with van der Waals surface area (Å²) in [4.78, 5) is 12.3. The summed E-state index contributed by atoms with van der Waals surface area (Å²) >= 11 is 0. The minimum Gasteiger partial charge on any atom is -0.356 e. The first-order valence-electron chi connectivity index (χ1n) is 7.60. The summed E-state index contributed by atoms with van der Waals surface area (Å²) in [6.45, 7) is 0.683. The molecule has 0 saturated carbocycles. The lowest BCUT2D eigenvalue weighted by Crippen LogP contribution is -2.19. The summed E-state index contributed by atoms with van der Waals surface area (Å²) in [5, 5.41) is 7.00. The first kappa shape index (κ1) is 14.9. The quantitative estimate of drug-likeness (QED) is 0.794. The van der Waals surface area contributed by atoms with E-state index in [4.69, 9.17) is 4.74 Å². The van der Waals surface area contributed by atoms with E-state index in [1.54, 1.807) is 10.9 Å². The van der Waals surface area contributed by atoms with E-state index in [1.807, 2.05) is 0 Å². The van der Waals surface area contributed by atoms with Crippen molar-refractivity contribution in [2.45, 2.75) is 25.5 Å². The summed E-state index contributed by atoms with van der Waals surface area (Å²) in [6.07, 6.45) is 6.75. The molecular weight excluding hydrogens is 318 g/mol. The second kappa shape index (κ2) is 6.08. The van der Waals surface area contributed by atoms with Crippen LogP contribution < -0.4 is 5.32 Å². The van der Waals surface area contributed by atoms with Crippen LogP contribution in [-0.2, 0) is 4.74 Å². The van der Waals surface area contributed by atoms with Gasteiger partial charge in [-0.1, -0.05) is 0 Å². The molecule has 9 heteroatoms. The summed E-state index contributed by atoms with van der Waals surface area (Å²) < 4.78 is 34.0. The number of aromatic nitrogens is 5. The Bertz CT molecular complexity index is 878. The molecule has 0 bridgehead atoms. The van der Waals surface area contributed by atoms with Gasteiger partial charge in [-0.25, -0.2) is 28.4 Å². The number of nitrogens with zero attached hydrogens (tertiary/aromatic N) is 5. The van der Waals surface area contributed by atoms with Crippen molar-refractivity contribution < 1.29 is 13.5 Å². The molecule has 4 rings (SSSR count). The summed E-state index contributed by atoms with van der Waals surface area (Å²) in [5.41, 5.74) is 1.15. The molecule has 24 heavy (non-hydrogen) atoms. The summed E-state index contributed by atoms with van der Waals surface area (Å²) in [7, 11) is 0. The number of ether oxygens (including phenoxy) is 1. The Morgan fingerprint density at radius 1 is 1.17 bits per heavy atom. The molecule has 1 fully saturated rings. The first-order valence-corrected chi connectivity index (χ1v) is 7.60. The third kappa shape index (κ3) is 2.78. The number of fused-ring (bicyclic) bond motifs is 1. The monoisotopic (exact) mass is 332 g/mol. The van der Waals surface area contributed by atoms with Gasteiger partial charge < -0.3 is 10.1 Å². The lowest BCUT2D eigenvalue weighted by Gasteiger charge is -2.22. The zero-order chi connectivity index (χ0) is 16.5. The molecule has 0 aliphatic carbocycles. The van der Waals surface area contributed by atoms with Crippen molar-refractivity contribution in [2.24, 2.45) is 0 Å². The maximum Gasteiger partial charge on any atom is 0.181 e. The predicted molar refractivity (Wildman–Crippen MR) is 81.6 cm³/mol. The van der Waals surface area contributed by atoms with Crippen molar-refractivity contribution in [1.29, 1.82) is 0 Å². The van der Waals surface area contributed by atoms with E-state index in [9.17, 15) is 8.78 Å². The molecule has 124 valence electrons. The van der Waals surface area contributed by atoms with Gasteiger partial charge in [0.25, 0.3) is 0 Å². The van der Waals surface area contributed by atoms with Gasteiger partial charge >= 0.3 is 0 Å². The average Bonchev–Trinajstić information content (AvgIpc) is 3.01. The highest BCUT2D eigenvalue weighted by molar-refractivity contribution is 5.72. The molecule has 1 aliphatic rings. The van der Waals surface area contributed by atoms with E-state index < -0.39 is 11.6 Å². The topological polar surface area (TPSA) is 77.8 Å². The highest BCUT2D eigenvalue weighted by Gasteiger charge is 2.20. The third-order valence-electron chi connectivity index (χ3n) is 3.79. The molecule has 3 aromatic rings. The number of rotatable bonds is 3. The van der Waals surface area contributed by atoms with E-state index in [0.29, 0.717) is 17.8 Å². The molecule has 4 heterocycles. The van der Waals surface area contributed by atoms with Gasteiger partial charge in [-0.05, 0) is 19.3 Å². The van der Waals surface area contributed by atoms with E-state index in [0.717, 1.165) is 31.5 Å². The van der Waals surface area contributed by atoms with E-state index in [1.165, 1.54) is 6.20 Å². The summed E-state index contributed by atoms with van der Waals surface area (Å²) in [6, 6.07) is 0.751. The van der Waals surface area contributed by atoms with Gasteiger partial charge in [0.1, 0.15) is 11.3 Å². The minimum absolute atomic E-state index is 0.120. The Labute approximate surface area is 135 Å². The molecule has 1 saturated heterocycles. The normalized spacial score (nSPS) is 18.0. The van der Waals surface area contributed by atoms with Crippen LogP contribution in [0.3, 0.4) is 0 Å². The number of anilines is 2. The van der Waals surface area contributed by atoms with Crippen molar-refractivity contribution in [3.8, 4) is 0 Å². The Balaban J connectivity index is 1.66. The molecule has 0 spiro atoms. The molecule has 7 nitrogen and oxygen atoms in total. The molecule has 1 unspecified atom stereocenters. The van der Waals surface area contributed by atoms with Gasteiger partial charge in [0.2, 0.25) is 0 Å². The largest absolute Gasteiger partial charge is 0.356 e. The van der Waals surface area contributed by atoms with Gasteiger partial charge in [-0.2, -0.15) is 5.10 Å². The third-order valence-corrected chi connectivity index (χ3v) is 3.79. The molecule has 1 atom stereocenters. The van der Waals surface area contributed by atoms with Gasteiger partial charge in [-0.15, -0.1) is 0 Å². The molecule has 3 aromatic heterocycles. The van der Waals surface area contributed by atoms with Crippen molar-refractivity contribution in [3.05, 3.63) is 36.3 Å². The maximum atomic E-state index is 13.7. The Kier molecular flexibility index (Phi) is 3.77. The van der Waals surface area contributed by atoms with Crippen LogP contribution in [0.25, 0.3) is 11.2 Å². The molecule has 0 aromatic carbocycles. The molecule has 1 N–H and O–H groups in total. The fourth-order valence-electron chi connectivity index (χ4n) is 2.64. The predicted octanol–water partition coefficient (Wildman–Crippen LogP) is 2.94. The lowest BCUT2D eigenvalue weighted by atomic mass is 10.2. The number of nitrogens with one attached hydrogen (secondary N) is 1. The van der Waals surface area contributed by atoms with Crippen LogP contribution in [0.15, 0.2) is 24.7 Å². The lowest BCUT2D eigenvalue weighted by molar-refractivity contribution is -0.0370. The molecule has 0 amide bonds. The van der Waals surface area contributed by atoms with Crippen LogP contribution in [-0.4, -0.2) is 31.3 Å². The SMILES string of the molecule is Fc1cnc(Nc2cnc3cnn(C4CCCCO4)c3n2)c(F)c1. The van der Waals surface area contributed by atoms with Gasteiger partial charge in [0, 0.05) is 12.7 Å². The Morgan fingerprint density at radius 2 is 2.08 bits per heavy atom. The van der Waals surface area contributed by atoms with Crippen LogP contribution in [0.2, 0.25) is 0 Å². The van der Waals surface area contributed by atoms with E-state index >= 15 is 0 Å². The molecule has 0 radical (unpaired) electrons. The minimum atomic E-state index is -0.805. The van der Waals surface area contributed by atoms with Crippen molar-refractivity contribution in [3.63, 3.8) is 0 Å². The van der Waals surface area contributed by atoms with Crippen LogP contribution in [0.4, 0.5) is 20.4 Å². The van der Waals surface area contributed by atoms with Crippen LogP contribution in [0.1, 0.15) is 25.5 Å². The van der Waals surface area contributed by atoms with E-state index in [-0.39, 0.29) is 17.9 Å². The second-order valence-electron chi connectivity index (χ2n) is 5.48. The smallest absolute Gasteiger partial charge is 0.181 e. The van der Waals surface area contributed by atoms with Crippen LogP contribution in [0.5, 0.6) is 0 Å². The van der Waals surface area contributed by atoms with Gasteiger partial charge in [0.15, 0.2) is 29.3 Å². The number of hydrogen-bond donors (Lipinski definition) is 1. The average molecular weight is 332 g/mol. The maximum absolute atomic E-state index is 13.7. The fourth-order valence-corrected chi connectivity index (χ4v) is 2.64. The van der Waals surface area contributed by atoms with Crippen LogP contribution >= 0.6 is 0 Å².